The molecule has 1 fully saturated rings. The van der Waals surface area contributed by atoms with E-state index in [0.717, 1.165) is 11.8 Å². The van der Waals surface area contributed by atoms with Gasteiger partial charge in [0.2, 0.25) is 0 Å². The molecular weight excluding hydrogens is 248 g/mol. The lowest BCUT2D eigenvalue weighted by atomic mass is 9.85. The van der Waals surface area contributed by atoms with Crippen molar-refractivity contribution >= 4 is 10.9 Å². The average Bonchev–Trinajstić information content (AvgIpc) is 2.69. The third-order valence-electron chi connectivity index (χ3n) is 4.28. The van der Waals surface area contributed by atoms with E-state index < -0.39 is 0 Å². The minimum absolute atomic E-state index is 0.224. The fourth-order valence-electron chi connectivity index (χ4n) is 3.01. The summed E-state index contributed by atoms with van der Waals surface area (Å²) in [5.41, 5.74) is 1.32. The zero-order valence-corrected chi connectivity index (χ0v) is 12.8. The van der Waals surface area contributed by atoms with Gasteiger partial charge < -0.3 is 14.2 Å². The second kappa shape index (κ2) is 5.13. The van der Waals surface area contributed by atoms with Gasteiger partial charge in [0, 0.05) is 29.2 Å². The van der Waals surface area contributed by atoms with Crippen molar-refractivity contribution in [3.05, 3.63) is 30.5 Å². The van der Waals surface area contributed by atoms with Crippen LogP contribution in [-0.2, 0) is 0 Å². The van der Waals surface area contributed by atoms with Crippen LogP contribution in [0.4, 0.5) is 0 Å². The van der Waals surface area contributed by atoms with Gasteiger partial charge in [0.25, 0.3) is 0 Å². The highest BCUT2D eigenvalue weighted by Crippen LogP contribution is 2.37. The first-order chi connectivity index (χ1) is 9.54. The average molecular weight is 272 g/mol. The molecule has 1 aliphatic carbocycles. The monoisotopic (exact) mass is 272 g/mol. The lowest BCUT2D eigenvalue weighted by Gasteiger charge is -2.40. The molecule has 0 N–H and O–H groups in total. The van der Waals surface area contributed by atoms with Gasteiger partial charge in [0.1, 0.15) is 5.75 Å². The van der Waals surface area contributed by atoms with Gasteiger partial charge in [-0.2, -0.15) is 0 Å². The molecule has 1 aromatic heterocycles. The van der Waals surface area contributed by atoms with Crippen molar-refractivity contribution in [2.24, 2.45) is 0 Å². The molecule has 0 spiro atoms. The van der Waals surface area contributed by atoms with E-state index in [4.69, 9.17) is 4.74 Å². The summed E-state index contributed by atoms with van der Waals surface area (Å²) in [6.07, 6.45) is 4.95. The molecule has 2 aromatic rings. The number of hydrogen-bond acceptors (Lipinski definition) is 2. The Labute approximate surface area is 121 Å². The van der Waals surface area contributed by atoms with Gasteiger partial charge in [-0.3, -0.25) is 0 Å². The van der Waals surface area contributed by atoms with E-state index >= 15 is 0 Å². The van der Waals surface area contributed by atoms with E-state index in [1.165, 1.54) is 23.7 Å². The molecular formula is C17H24N2O. The Morgan fingerprint density at radius 3 is 2.60 bits per heavy atom. The molecule has 0 radical (unpaired) electrons. The van der Waals surface area contributed by atoms with Crippen molar-refractivity contribution in [2.45, 2.75) is 44.9 Å². The molecule has 0 amide bonds. The summed E-state index contributed by atoms with van der Waals surface area (Å²) in [4.78, 5) is 2.33. The third-order valence-corrected chi connectivity index (χ3v) is 4.28. The summed E-state index contributed by atoms with van der Waals surface area (Å²) in [6, 6.07) is 10.0. The van der Waals surface area contributed by atoms with E-state index in [-0.39, 0.29) is 6.10 Å². The summed E-state index contributed by atoms with van der Waals surface area (Å²) in [5, 5.41) is 1.27. The molecule has 3 nitrogen and oxygen atoms in total. The Morgan fingerprint density at radius 1 is 1.20 bits per heavy atom. The van der Waals surface area contributed by atoms with Crippen LogP contribution in [0.1, 0.15) is 32.7 Å². The Morgan fingerprint density at radius 2 is 1.95 bits per heavy atom. The van der Waals surface area contributed by atoms with Crippen molar-refractivity contribution in [1.82, 2.24) is 9.47 Å². The van der Waals surface area contributed by atoms with Gasteiger partial charge in [-0.15, -0.1) is 0 Å². The normalized spacial score (nSPS) is 22.5. The highest BCUT2D eigenvalue weighted by Gasteiger charge is 2.32. The number of hydrogen-bond donors (Lipinski definition) is 0. The van der Waals surface area contributed by atoms with Gasteiger partial charge >= 0.3 is 0 Å². The highest BCUT2D eigenvalue weighted by atomic mass is 16.5. The van der Waals surface area contributed by atoms with Crippen LogP contribution in [0.2, 0.25) is 0 Å². The van der Waals surface area contributed by atoms with Gasteiger partial charge in [-0.1, -0.05) is 0 Å². The van der Waals surface area contributed by atoms with Crippen molar-refractivity contribution in [3.8, 4) is 5.75 Å². The Hall–Kier alpha value is -1.48. The van der Waals surface area contributed by atoms with Gasteiger partial charge in [-0.25, -0.2) is 0 Å². The molecule has 3 heteroatoms. The Balaban J connectivity index is 1.80. The van der Waals surface area contributed by atoms with Gasteiger partial charge in [0.05, 0.1) is 6.10 Å². The first kappa shape index (κ1) is 13.5. The van der Waals surface area contributed by atoms with Gasteiger partial charge in [-0.05, 0) is 65.0 Å². The summed E-state index contributed by atoms with van der Waals surface area (Å²) >= 11 is 0. The van der Waals surface area contributed by atoms with E-state index in [2.05, 4.69) is 67.9 Å². The maximum absolute atomic E-state index is 5.76. The number of rotatable bonds is 4. The van der Waals surface area contributed by atoms with Gasteiger partial charge in [0.15, 0.2) is 0 Å². The van der Waals surface area contributed by atoms with Crippen molar-refractivity contribution in [2.75, 3.05) is 14.1 Å². The molecule has 1 aliphatic rings. The third kappa shape index (κ3) is 2.42. The van der Waals surface area contributed by atoms with Crippen LogP contribution in [0, 0.1) is 0 Å². The SMILES string of the molecule is CC(C)Oc1ccc2c(ccn2C2CC(N(C)C)C2)c1. The van der Waals surface area contributed by atoms with Crippen LogP contribution < -0.4 is 4.74 Å². The summed E-state index contributed by atoms with van der Waals surface area (Å²) < 4.78 is 8.19. The highest BCUT2D eigenvalue weighted by molar-refractivity contribution is 5.81. The van der Waals surface area contributed by atoms with Crippen LogP contribution in [0.25, 0.3) is 10.9 Å². The molecule has 0 bridgehead atoms. The first-order valence-electron chi connectivity index (χ1n) is 7.48. The van der Waals surface area contributed by atoms with Crippen LogP contribution in [0.5, 0.6) is 5.75 Å². The predicted octanol–water partition coefficient (Wildman–Crippen LogP) is 3.69. The number of ether oxygens (including phenoxy) is 1. The lowest BCUT2D eigenvalue weighted by molar-refractivity contribution is 0.132. The van der Waals surface area contributed by atoms with Crippen molar-refractivity contribution < 1.29 is 4.74 Å². The fraction of sp³-hybridized carbons (Fsp3) is 0.529. The maximum Gasteiger partial charge on any atom is 0.120 e. The molecule has 0 aliphatic heterocycles. The molecule has 1 aromatic carbocycles. The van der Waals surface area contributed by atoms with Crippen LogP contribution in [0.15, 0.2) is 30.5 Å². The summed E-state index contributed by atoms with van der Waals surface area (Å²) in [7, 11) is 4.34. The van der Waals surface area contributed by atoms with Crippen molar-refractivity contribution in [1.29, 1.82) is 0 Å². The van der Waals surface area contributed by atoms with Crippen LogP contribution in [-0.4, -0.2) is 35.7 Å². The first-order valence-corrected chi connectivity index (χ1v) is 7.48. The summed E-state index contributed by atoms with van der Waals surface area (Å²) in [6.45, 7) is 4.12. The van der Waals surface area contributed by atoms with E-state index in [1.807, 2.05) is 0 Å². The smallest absolute Gasteiger partial charge is 0.120 e. The standard InChI is InChI=1S/C17H24N2O/c1-12(2)20-16-5-6-17-13(9-16)7-8-19(17)15-10-14(11-15)18(3)4/h5-9,12,14-15H,10-11H2,1-4H3. The van der Waals surface area contributed by atoms with E-state index in [9.17, 15) is 0 Å². The zero-order valence-electron chi connectivity index (χ0n) is 12.8. The molecule has 20 heavy (non-hydrogen) atoms. The fourth-order valence-corrected chi connectivity index (χ4v) is 3.01. The number of fused-ring (bicyclic) bond motifs is 1. The molecule has 1 saturated carbocycles. The molecule has 0 unspecified atom stereocenters. The quantitative estimate of drug-likeness (QED) is 0.844. The summed E-state index contributed by atoms with van der Waals surface area (Å²) in [5.74, 6) is 0.963. The second-order valence-electron chi connectivity index (χ2n) is 6.35. The van der Waals surface area contributed by atoms with Crippen LogP contribution >= 0.6 is 0 Å². The molecule has 0 saturated heterocycles. The number of benzene rings is 1. The molecule has 1 heterocycles. The van der Waals surface area contributed by atoms with Crippen molar-refractivity contribution in [3.63, 3.8) is 0 Å². The van der Waals surface area contributed by atoms with E-state index in [0.29, 0.717) is 6.04 Å². The molecule has 108 valence electrons. The minimum atomic E-state index is 0.224. The van der Waals surface area contributed by atoms with Crippen LogP contribution in [0.3, 0.4) is 0 Å². The minimum Gasteiger partial charge on any atom is -0.491 e. The maximum atomic E-state index is 5.76. The zero-order chi connectivity index (χ0) is 14.3. The predicted molar refractivity (Wildman–Crippen MR) is 83.4 cm³/mol. The Kier molecular flexibility index (Phi) is 3.47. The topological polar surface area (TPSA) is 17.4 Å². The number of aromatic nitrogens is 1. The number of nitrogens with zero attached hydrogens (tertiary/aromatic N) is 2. The lowest BCUT2D eigenvalue weighted by Crippen LogP contribution is -2.41. The molecule has 3 rings (SSSR count). The van der Waals surface area contributed by atoms with E-state index in [1.54, 1.807) is 0 Å². The second-order valence-corrected chi connectivity index (χ2v) is 6.35. The Bertz CT molecular complexity index is 594. The largest absolute Gasteiger partial charge is 0.491 e. The molecule has 0 atom stereocenters.